The van der Waals surface area contributed by atoms with E-state index in [9.17, 15) is 18.0 Å². The molecule has 0 radical (unpaired) electrons. The lowest BCUT2D eigenvalue weighted by Gasteiger charge is -2.26. The fourth-order valence-corrected chi connectivity index (χ4v) is 3.19. The second-order valence-corrected chi connectivity index (χ2v) is 5.85. The molecule has 4 nitrogen and oxygen atoms in total. The summed E-state index contributed by atoms with van der Waals surface area (Å²) >= 11 is 5.80. The first kappa shape index (κ1) is 17.3. The number of aromatic nitrogens is 2. The van der Waals surface area contributed by atoms with Crippen molar-refractivity contribution < 1.29 is 13.2 Å². The van der Waals surface area contributed by atoms with Gasteiger partial charge in [0.15, 0.2) is 0 Å². The molecule has 0 saturated carbocycles. The van der Waals surface area contributed by atoms with Crippen molar-refractivity contribution >= 4 is 28.1 Å². The monoisotopic (exact) mass is 367 g/mol. The van der Waals surface area contributed by atoms with Crippen molar-refractivity contribution in [3.8, 4) is 0 Å². The Morgan fingerprint density at radius 2 is 1.96 bits per heavy atom. The van der Waals surface area contributed by atoms with Crippen molar-refractivity contribution in [2.24, 2.45) is 0 Å². The van der Waals surface area contributed by atoms with Crippen LogP contribution in [0.2, 0.25) is 5.02 Å². The van der Waals surface area contributed by atoms with Crippen LogP contribution in [-0.4, -0.2) is 23.9 Å². The molecule has 0 spiro atoms. The van der Waals surface area contributed by atoms with Crippen molar-refractivity contribution in [2.75, 3.05) is 19.0 Å². The van der Waals surface area contributed by atoms with E-state index in [1.807, 2.05) is 0 Å². The van der Waals surface area contributed by atoms with Gasteiger partial charge in [0.2, 0.25) is 0 Å². The highest BCUT2D eigenvalue weighted by molar-refractivity contribution is 6.30. The Bertz CT molecular complexity index is 1010. The quantitative estimate of drug-likeness (QED) is 0.683. The van der Waals surface area contributed by atoms with Crippen LogP contribution in [0.15, 0.2) is 35.1 Å². The van der Waals surface area contributed by atoms with E-state index in [1.165, 1.54) is 12.1 Å². The highest BCUT2D eigenvalue weighted by Gasteiger charge is 2.28. The number of hydrogen-bond donors (Lipinski definition) is 2. The summed E-state index contributed by atoms with van der Waals surface area (Å²) in [5.41, 5.74) is 0.926. The molecule has 25 heavy (non-hydrogen) atoms. The predicted octanol–water partition coefficient (Wildman–Crippen LogP) is 4.00. The predicted molar refractivity (Wildman–Crippen MR) is 91.1 cm³/mol. The number of aromatic amines is 1. The molecule has 2 aromatic carbocycles. The molecule has 0 aliphatic carbocycles. The zero-order valence-electron chi connectivity index (χ0n) is 13.0. The Hall–Kier alpha value is -2.54. The van der Waals surface area contributed by atoms with Crippen LogP contribution in [-0.2, 0) is 0 Å². The molecule has 130 valence electrons. The molecule has 0 amide bonds. The molecule has 8 heteroatoms. The second kappa shape index (κ2) is 6.76. The lowest BCUT2D eigenvalue weighted by Crippen LogP contribution is -2.25. The molecular formula is C17H13ClF3N3O. The van der Waals surface area contributed by atoms with Gasteiger partial charge >= 0.3 is 0 Å². The first-order chi connectivity index (χ1) is 12.0. The Balaban J connectivity index is 0.000000880. The summed E-state index contributed by atoms with van der Waals surface area (Å²) in [4.78, 5) is 11.9. The van der Waals surface area contributed by atoms with Crippen LogP contribution in [0.25, 0.3) is 10.8 Å². The van der Waals surface area contributed by atoms with Crippen LogP contribution in [0, 0.1) is 11.6 Å². The van der Waals surface area contributed by atoms with Gasteiger partial charge in [-0.25, -0.2) is 13.9 Å². The molecular weight excluding hydrogens is 355 g/mol. The third-order valence-electron chi connectivity index (χ3n) is 4.05. The molecule has 1 atom stereocenters. The molecule has 3 aromatic rings. The van der Waals surface area contributed by atoms with E-state index < -0.39 is 23.1 Å². The molecule has 4 rings (SSSR count). The van der Waals surface area contributed by atoms with E-state index in [-0.39, 0.29) is 5.39 Å². The minimum Gasteiger partial charge on any atom is -0.383 e. The van der Waals surface area contributed by atoms with E-state index in [0.717, 1.165) is 6.07 Å². The van der Waals surface area contributed by atoms with Crippen molar-refractivity contribution in [3.63, 3.8) is 0 Å². The maximum Gasteiger partial charge on any atom is 0.272 e. The van der Waals surface area contributed by atoms with Crippen LogP contribution < -0.4 is 10.9 Å². The molecule has 2 heterocycles. The van der Waals surface area contributed by atoms with Gasteiger partial charge in [0, 0.05) is 28.6 Å². The topological polar surface area (TPSA) is 57.8 Å². The SMILES string of the molecule is CF.O=c1[nH]nc2c3c(cc(F)cc13)NCC2c1ccc(Cl)cc1F. The summed E-state index contributed by atoms with van der Waals surface area (Å²) in [5.74, 6) is -1.38. The molecule has 1 aliphatic rings. The summed E-state index contributed by atoms with van der Waals surface area (Å²) in [6.45, 7) is 0.336. The Labute approximate surface area is 145 Å². The number of halogens is 4. The summed E-state index contributed by atoms with van der Waals surface area (Å²) in [7, 11) is 0.500. The Morgan fingerprint density at radius 3 is 2.68 bits per heavy atom. The van der Waals surface area contributed by atoms with E-state index in [0.29, 0.717) is 41.1 Å². The lowest BCUT2D eigenvalue weighted by molar-refractivity contribution is 0.595. The third kappa shape index (κ3) is 2.95. The number of hydrogen-bond acceptors (Lipinski definition) is 3. The average molecular weight is 368 g/mol. The van der Waals surface area contributed by atoms with Gasteiger partial charge in [-0.2, -0.15) is 5.10 Å². The van der Waals surface area contributed by atoms with E-state index in [4.69, 9.17) is 11.6 Å². The van der Waals surface area contributed by atoms with Gasteiger partial charge in [0.25, 0.3) is 5.56 Å². The van der Waals surface area contributed by atoms with Gasteiger partial charge < -0.3 is 5.32 Å². The number of rotatable bonds is 1. The summed E-state index contributed by atoms with van der Waals surface area (Å²) in [6.07, 6.45) is 0. The van der Waals surface area contributed by atoms with Crippen molar-refractivity contribution in [1.82, 2.24) is 10.2 Å². The maximum absolute atomic E-state index is 14.3. The molecule has 0 saturated heterocycles. The number of benzene rings is 2. The zero-order valence-corrected chi connectivity index (χ0v) is 13.8. The van der Waals surface area contributed by atoms with E-state index >= 15 is 0 Å². The Morgan fingerprint density at radius 1 is 1.20 bits per heavy atom. The fraction of sp³-hybridized carbons (Fsp3) is 0.176. The van der Waals surface area contributed by atoms with Gasteiger partial charge in [0.1, 0.15) is 11.6 Å². The third-order valence-corrected chi connectivity index (χ3v) is 4.28. The van der Waals surface area contributed by atoms with E-state index in [1.54, 1.807) is 12.1 Å². The minimum absolute atomic E-state index is 0.191. The lowest BCUT2D eigenvalue weighted by atomic mass is 9.88. The molecule has 1 unspecified atom stereocenters. The van der Waals surface area contributed by atoms with Crippen LogP contribution in [0.3, 0.4) is 0 Å². The first-order valence-electron chi connectivity index (χ1n) is 7.33. The zero-order chi connectivity index (χ0) is 18.1. The second-order valence-electron chi connectivity index (χ2n) is 5.41. The molecule has 0 bridgehead atoms. The number of alkyl halides is 1. The Kier molecular flexibility index (Phi) is 4.67. The number of H-pyrrole nitrogens is 1. The smallest absolute Gasteiger partial charge is 0.272 e. The van der Waals surface area contributed by atoms with E-state index in [2.05, 4.69) is 15.5 Å². The van der Waals surface area contributed by atoms with Gasteiger partial charge in [-0.05, 0) is 29.8 Å². The molecule has 1 aliphatic heterocycles. The molecule has 1 aromatic heterocycles. The summed E-state index contributed by atoms with van der Waals surface area (Å²) in [5, 5.41) is 10.5. The summed E-state index contributed by atoms with van der Waals surface area (Å²) < 4.78 is 37.4. The van der Waals surface area contributed by atoms with Crippen LogP contribution in [0.1, 0.15) is 17.2 Å². The standard InChI is InChI=1S/C16H10ClF2N3O.CH3F/c17-7-1-2-9(12(19)3-7)11-6-20-13-5-8(18)4-10-14(13)15(11)21-22-16(10)23;1-2/h1-5,11,20H,6H2,(H,22,23);1H3. The fourth-order valence-electron chi connectivity index (χ4n) is 3.03. The first-order valence-corrected chi connectivity index (χ1v) is 7.71. The highest BCUT2D eigenvalue weighted by Crippen LogP contribution is 2.37. The summed E-state index contributed by atoms with van der Waals surface area (Å²) in [6, 6.07) is 6.90. The molecule has 2 N–H and O–H groups in total. The van der Waals surface area contributed by atoms with Gasteiger partial charge in [-0.15, -0.1) is 0 Å². The molecule has 0 fully saturated rings. The van der Waals surface area contributed by atoms with Gasteiger partial charge in [-0.1, -0.05) is 17.7 Å². The van der Waals surface area contributed by atoms with Crippen LogP contribution in [0.4, 0.5) is 18.9 Å². The van der Waals surface area contributed by atoms with Gasteiger partial charge in [-0.3, -0.25) is 9.18 Å². The van der Waals surface area contributed by atoms with Crippen molar-refractivity contribution in [3.05, 3.63) is 68.6 Å². The average Bonchev–Trinajstić information content (AvgIpc) is 2.60. The van der Waals surface area contributed by atoms with Crippen LogP contribution >= 0.6 is 11.6 Å². The van der Waals surface area contributed by atoms with Crippen LogP contribution in [0.5, 0.6) is 0 Å². The number of nitrogens with zero attached hydrogens (tertiary/aromatic N) is 1. The maximum atomic E-state index is 14.3. The number of nitrogens with one attached hydrogen (secondary N) is 2. The van der Waals surface area contributed by atoms with Crippen molar-refractivity contribution in [1.29, 1.82) is 0 Å². The van der Waals surface area contributed by atoms with Gasteiger partial charge in [0.05, 0.1) is 18.3 Å². The largest absolute Gasteiger partial charge is 0.383 e. The highest BCUT2D eigenvalue weighted by atomic mass is 35.5. The minimum atomic E-state index is -0.515. The van der Waals surface area contributed by atoms with Crippen molar-refractivity contribution in [2.45, 2.75) is 5.92 Å². The normalized spacial score (nSPS) is 15.3. The number of anilines is 1.